The van der Waals surface area contributed by atoms with Crippen LogP contribution in [0.2, 0.25) is 0 Å². The number of ether oxygens (including phenoxy) is 1. The Hall–Kier alpha value is -2.57. The van der Waals surface area contributed by atoms with Gasteiger partial charge in [0.2, 0.25) is 0 Å². The summed E-state index contributed by atoms with van der Waals surface area (Å²) < 4.78 is 6.49. The number of benzene rings is 2. The van der Waals surface area contributed by atoms with E-state index in [2.05, 4.69) is 63.5 Å². The number of nitrogens with one attached hydrogen (secondary N) is 1. The molecule has 1 aliphatic rings. The molecule has 0 saturated heterocycles. The fourth-order valence-electron chi connectivity index (χ4n) is 4.43. The molecular formula is C25H23BrN2O2S. The third-order valence-corrected chi connectivity index (χ3v) is 7.81. The third-order valence-electron chi connectivity index (χ3n) is 6.06. The predicted octanol–water partition coefficient (Wildman–Crippen LogP) is 6.35. The Labute approximate surface area is 194 Å². The van der Waals surface area contributed by atoms with E-state index in [1.165, 1.54) is 16.5 Å². The van der Waals surface area contributed by atoms with Gasteiger partial charge in [-0.1, -0.05) is 19.1 Å². The summed E-state index contributed by atoms with van der Waals surface area (Å²) in [6.45, 7) is 2.80. The van der Waals surface area contributed by atoms with E-state index >= 15 is 0 Å². The molecule has 1 aliphatic heterocycles. The number of methoxy groups -OCH3 is 1. The maximum absolute atomic E-state index is 13.6. The first-order valence-corrected chi connectivity index (χ1v) is 12.1. The number of nitrogens with zero attached hydrogens (tertiary/aromatic N) is 1. The largest absolute Gasteiger partial charge is 0.497 e. The number of hydrogen-bond acceptors (Lipinski definition) is 3. The average Bonchev–Trinajstić information content (AvgIpc) is 3.40. The van der Waals surface area contributed by atoms with E-state index in [1.54, 1.807) is 18.4 Å². The number of aromatic amines is 1. The number of fused-ring (bicyclic) bond motifs is 3. The molecule has 0 saturated carbocycles. The highest BCUT2D eigenvalue weighted by Crippen LogP contribution is 2.42. The number of rotatable bonds is 4. The second-order valence-electron chi connectivity index (χ2n) is 7.80. The highest BCUT2D eigenvalue weighted by atomic mass is 79.9. The van der Waals surface area contributed by atoms with E-state index < -0.39 is 0 Å². The number of aromatic nitrogens is 1. The average molecular weight is 495 g/mol. The fraction of sp³-hybridized carbons (Fsp3) is 0.240. The van der Waals surface area contributed by atoms with E-state index in [9.17, 15) is 4.79 Å². The molecule has 4 aromatic rings. The molecule has 1 N–H and O–H groups in total. The van der Waals surface area contributed by atoms with Gasteiger partial charge in [-0.3, -0.25) is 4.79 Å². The van der Waals surface area contributed by atoms with Crippen molar-refractivity contribution in [2.45, 2.75) is 25.8 Å². The zero-order valence-electron chi connectivity index (χ0n) is 17.4. The van der Waals surface area contributed by atoms with Crippen molar-refractivity contribution in [3.05, 3.63) is 85.6 Å². The molecule has 0 aliphatic carbocycles. The van der Waals surface area contributed by atoms with Crippen LogP contribution in [0.5, 0.6) is 5.75 Å². The summed E-state index contributed by atoms with van der Waals surface area (Å²) in [5, 5.41) is 3.25. The molecule has 158 valence electrons. The van der Waals surface area contributed by atoms with Crippen LogP contribution in [0.25, 0.3) is 10.9 Å². The predicted molar refractivity (Wildman–Crippen MR) is 129 cm³/mol. The number of thiophene rings is 1. The lowest BCUT2D eigenvalue weighted by Crippen LogP contribution is -2.40. The molecule has 2 aromatic heterocycles. The second kappa shape index (κ2) is 8.17. The van der Waals surface area contributed by atoms with Gasteiger partial charge in [0.05, 0.1) is 7.11 Å². The first-order chi connectivity index (χ1) is 15.1. The number of H-pyrrole nitrogens is 1. The minimum Gasteiger partial charge on any atom is -0.497 e. The molecule has 0 spiro atoms. The van der Waals surface area contributed by atoms with Crippen LogP contribution in [-0.2, 0) is 12.8 Å². The molecular weight excluding hydrogens is 472 g/mol. The molecule has 1 amide bonds. The van der Waals surface area contributed by atoms with Crippen LogP contribution < -0.4 is 4.74 Å². The lowest BCUT2D eigenvalue weighted by atomic mass is 9.95. The van der Waals surface area contributed by atoms with Gasteiger partial charge >= 0.3 is 0 Å². The van der Waals surface area contributed by atoms with Crippen LogP contribution in [0.3, 0.4) is 0 Å². The van der Waals surface area contributed by atoms with Gasteiger partial charge in [0.25, 0.3) is 5.91 Å². The fourth-order valence-corrected chi connectivity index (χ4v) is 5.99. The summed E-state index contributed by atoms with van der Waals surface area (Å²) >= 11 is 5.26. The molecule has 31 heavy (non-hydrogen) atoms. The van der Waals surface area contributed by atoms with Crippen molar-refractivity contribution in [2.24, 2.45) is 0 Å². The van der Waals surface area contributed by atoms with Crippen LogP contribution in [0.15, 0.2) is 58.4 Å². The van der Waals surface area contributed by atoms with Crippen molar-refractivity contribution in [3.63, 3.8) is 0 Å². The van der Waals surface area contributed by atoms with Crippen molar-refractivity contribution in [2.75, 3.05) is 13.7 Å². The van der Waals surface area contributed by atoms with Gasteiger partial charge in [-0.05, 0) is 76.3 Å². The molecule has 3 heterocycles. The number of carbonyl (C=O) groups excluding carboxylic acids is 1. The molecule has 2 aromatic carbocycles. The molecule has 4 nitrogen and oxygen atoms in total. The normalized spacial score (nSPS) is 15.8. The zero-order valence-corrected chi connectivity index (χ0v) is 19.8. The summed E-state index contributed by atoms with van der Waals surface area (Å²) in [5.41, 5.74) is 5.42. The van der Waals surface area contributed by atoms with Crippen molar-refractivity contribution in [1.29, 1.82) is 0 Å². The minimum absolute atomic E-state index is 0.0686. The van der Waals surface area contributed by atoms with E-state index in [0.29, 0.717) is 6.54 Å². The van der Waals surface area contributed by atoms with Gasteiger partial charge in [-0.15, -0.1) is 11.3 Å². The molecule has 6 heteroatoms. The van der Waals surface area contributed by atoms with E-state index in [-0.39, 0.29) is 11.9 Å². The Morgan fingerprint density at radius 3 is 2.71 bits per heavy atom. The number of amides is 1. The lowest BCUT2D eigenvalue weighted by Gasteiger charge is -2.35. The second-order valence-corrected chi connectivity index (χ2v) is 9.66. The van der Waals surface area contributed by atoms with Gasteiger partial charge in [0.15, 0.2) is 0 Å². The molecule has 1 atom stereocenters. The summed E-state index contributed by atoms with van der Waals surface area (Å²) in [7, 11) is 1.69. The van der Waals surface area contributed by atoms with E-state index in [1.807, 2.05) is 23.1 Å². The van der Waals surface area contributed by atoms with Crippen LogP contribution >= 0.6 is 27.3 Å². The first kappa shape index (κ1) is 20.3. The number of halogens is 1. The Morgan fingerprint density at radius 2 is 2.03 bits per heavy atom. The highest BCUT2D eigenvalue weighted by molar-refractivity contribution is 9.10. The van der Waals surface area contributed by atoms with Crippen LogP contribution in [0, 0.1) is 0 Å². The molecule has 0 unspecified atom stereocenters. The zero-order chi connectivity index (χ0) is 21.5. The number of aryl methyl sites for hydroxylation is 1. The molecule has 0 radical (unpaired) electrons. The lowest BCUT2D eigenvalue weighted by molar-refractivity contribution is 0.0694. The Kier molecular flexibility index (Phi) is 5.36. The maximum Gasteiger partial charge on any atom is 0.254 e. The monoisotopic (exact) mass is 494 g/mol. The number of carbonyl (C=O) groups is 1. The van der Waals surface area contributed by atoms with Gasteiger partial charge in [0, 0.05) is 43.4 Å². The molecule has 0 fully saturated rings. The summed E-state index contributed by atoms with van der Waals surface area (Å²) in [5.74, 6) is 0.915. The Morgan fingerprint density at radius 1 is 1.23 bits per heavy atom. The quantitative estimate of drug-likeness (QED) is 0.359. The first-order valence-electron chi connectivity index (χ1n) is 10.4. The standard InChI is InChI=1S/C25H23BrN2O2S/c1-3-15-4-6-16(7-5-15)25(29)28-11-10-19-20-13-18(30-2)8-9-21(20)27-23(19)24(28)22-12-17(26)14-31-22/h4-9,12-14,24,27H,3,10-11H2,1-2H3/t24-/m1/s1. The summed E-state index contributed by atoms with van der Waals surface area (Å²) in [6.07, 6.45) is 1.77. The third kappa shape index (κ3) is 3.58. The SMILES string of the molecule is CCc1ccc(C(=O)N2CCc3c([nH]c4ccc(OC)cc34)[C@H]2c2cc(Br)cs2)cc1. The minimum atomic E-state index is -0.142. The van der Waals surface area contributed by atoms with Gasteiger partial charge in [0.1, 0.15) is 11.8 Å². The van der Waals surface area contributed by atoms with Crippen molar-refractivity contribution < 1.29 is 9.53 Å². The number of hydrogen-bond donors (Lipinski definition) is 1. The smallest absolute Gasteiger partial charge is 0.254 e. The molecule has 0 bridgehead atoms. The maximum atomic E-state index is 13.6. The van der Waals surface area contributed by atoms with Gasteiger partial charge in [-0.2, -0.15) is 0 Å². The van der Waals surface area contributed by atoms with Crippen LogP contribution in [0.1, 0.15) is 45.0 Å². The summed E-state index contributed by atoms with van der Waals surface area (Å²) in [6, 6.07) is 16.1. The van der Waals surface area contributed by atoms with Crippen LogP contribution in [0.4, 0.5) is 0 Å². The summed E-state index contributed by atoms with van der Waals surface area (Å²) in [4.78, 5) is 20.4. The Bertz CT molecular complexity index is 1260. The van der Waals surface area contributed by atoms with Crippen LogP contribution in [-0.4, -0.2) is 29.4 Å². The highest BCUT2D eigenvalue weighted by Gasteiger charge is 2.35. The van der Waals surface area contributed by atoms with Gasteiger partial charge in [-0.25, -0.2) is 0 Å². The Balaban J connectivity index is 1.62. The van der Waals surface area contributed by atoms with Crippen molar-refractivity contribution in [3.8, 4) is 5.75 Å². The molecule has 5 rings (SSSR count). The topological polar surface area (TPSA) is 45.3 Å². The van der Waals surface area contributed by atoms with E-state index in [4.69, 9.17) is 4.74 Å². The van der Waals surface area contributed by atoms with Crippen molar-refractivity contribution in [1.82, 2.24) is 9.88 Å². The van der Waals surface area contributed by atoms with E-state index in [0.717, 1.165) is 44.7 Å². The van der Waals surface area contributed by atoms with Gasteiger partial charge < -0.3 is 14.6 Å². The van der Waals surface area contributed by atoms with Crippen molar-refractivity contribution >= 4 is 44.1 Å².